The predicted octanol–water partition coefficient (Wildman–Crippen LogP) is 1.18. The first kappa shape index (κ1) is 8.02. The normalized spacial score (nSPS) is 48.0. The molecule has 1 aliphatic heterocycles. The average molecular weight is 144 g/mol. The molecule has 0 amide bonds. The Morgan fingerprint density at radius 3 is 2.20 bits per heavy atom. The second-order valence-electron chi connectivity index (χ2n) is 3.14. The van der Waals surface area contributed by atoms with E-state index in [4.69, 9.17) is 4.74 Å². The monoisotopic (exact) mass is 144 g/mol. The minimum Gasteiger partial charge on any atom is -0.390 e. The van der Waals surface area contributed by atoms with Crippen molar-refractivity contribution in [2.45, 2.75) is 45.5 Å². The number of hydrogen-bond acceptors (Lipinski definition) is 2. The third kappa shape index (κ3) is 1.18. The van der Waals surface area contributed by atoms with Crippen LogP contribution in [0, 0.1) is 5.92 Å². The SMILES string of the molecule is CC[C@H]1O[C@@H](C)C(C)[C@H]1O. The zero-order chi connectivity index (χ0) is 7.72. The number of hydrogen-bond donors (Lipinski definition) is 1. The van der Waals surface area contributed by atoms with Gasteiger partial charge in [-0.25, -0.2) is 0 Å². The fourth-order valence-electron chi connectivity index (χ4n) is 1.43. The van der Waals surface area contributed by atoms with E-state index in [2.05, 4.69) is 0 Å². The topological polar surface area (TPSA) is 29.5 Å². The summed E-state index contributed by atoms with van der Waals surface area (Å²) in [6.45, 7) is 6.09. The summed E-state index contributed by atoms with van der Waals surface area (Å²) in [7, 11) is 0. The van der Waals surface area contributed by atoms with E-state index in [1.807, 2.05) is 20.8 Å². The van der Waals surface area contributed by atoms with Gasteiger partial charge in [-0.05, 0) is 13.3 Å². The fourth-order valence-corrected chi connectivity index (χ4v) is 1.43. The quantitative estimate of drug-likeness (QED) is 0.599. The third-order valence-corrected chi connectivity index (χ3v) is 2.45. The number of aliphatic hydroxyl groups is 1. The Kier molecular flexibility index (Phi) is 2.32. The molecule has 10 heavy (non-hydrogen) atoms. The highest BCUT2D eigenvalue weighted by molar-refractivity contribution is 4.84. The summed E-state index contributed by atoms with van der Waals surface area (Å²) in [4.78, 5) is 0. The van der Waals surface area contributed by atoms with Crippen LogP contribution >= 0.6 is 0 Å². The maximum atomic E-state index is 9.50. The molecule has 0 aromatic rings. The minimum atomic E-state index is -0.250. The zero-order valence-electron chi connectivity index (χ0n) is 6.87. The Morgan fingerprint density at radius 1 is 1.40 bits per heavy atom. The van der Waals surface area contributed by atoms with E-state index in [0.717, 1.165) is 6.42 Å². The fraction of sp³-hybridized carbons (Fsp3) is 1.00. The first-order valence-corrected chi connectivity index (χ1v) is 4.00. The van der Waals surface area contributed by atoms with Gasteiger partial charge in [0.2, 0.25) is 0 Å². The molecule has 1 fully saturated rings. The molecule has 1 unspecified atom stereocenters. The van der Waals surface area contributed by atoms with Gasteiger partial charge in [-0.15, -0.1) is 0 Å². The van der Waals surface area contributed by atoms with E-state index in [-0.39, 0.29) is 18.3 Å². The van der Waals surface area contributed by atoms with Crippen molar-refractivity contribution in [3.05, 3.63) is 0 Å². The highest BCUT2D eigenvalue weighted by atomic mass is 16.5. The first-order valence-electron chi connectivity index (χ1n) is 4.00. The van der Waals surface area contributed by atoms with Crippen LogP contribution in [0.5, 0.6) is 0 Å². The van der Waals surface area contributed by atoms with E-state index in [1.165, 1.54) is 0 Å². The van der Waals surface area contributed by atoms with Crippen molar-refractivity contribution in [1.82, 2.24) is 0 Å². The Hall–Kier alpha value is -0.0800. The molecular weight excluding hydrogens is 128 g/mol. The largest absolute Gasteiger partial charge is 0.390 e. The van der Waals surface area contributed by atoms with E-state index in [0.29, 0.717) is 5.92 Å². The van der Waals surface area contributed by atoms with Gasteiger partial charge in [-0.1, -0.05) is 13.8 Å². The summed E-state index contributed by atoms with van der Waals surface area (Å²) in [5, 5.41) is 9.50. The van der Waals surface area contributed by atoms with E-state index >= 15 is 0 Å². The summed E-state index contributed by atoms with van der Waals surface area (Å²) >= 11 is 0. The molecule has 2 nitrogen and oxygen atoms in total. The molecule has 0 aliphatic carbocycles. The molecule has 1 aliphatic rings. The van der Waals surface area contributed by atoms with Crippen LogP contribution < -0.4 is 0 Å². The lowest BCUT2D eigenvalue weighted by Crippen LogP contribution is -2.24. The summed E-state index contributed by atoms with van der Waals surface area (Å²) in [6.07, 6.45) is 0.959. The van der Waals surface area contributed by atoms with Gasteiger partial charge in [-0.3, -0.25) is 0 Å². The molecular formula is C8H16O2. The standard InChI is InChI=1S/C8H16O2/c1-4-7-8(9)5(2)6(3)10-7/h5-9H,4H2,1-3H3/t5?,6-,7+,8+/m0/s1. The summed E-state index contributed by atoms with van der Waals surface area (Å²) < 4.78 is 5.48. The van der Waals surface area contributed by atoms with Crippen molar-refractivity contribution in [1.29, 1.82) is 0 Å². The molecule has 1 heterocycles. The number of aliphatic hydroxyl groups excluding tert-OH is 1. The van der Waals surface area contributed by atoms with Crippen LogP contribution in [0.15, 0.2) is 0 Å². The van der Waals surface area contributed by atoms with Crippen molar-refractivity contribution >= 4 is 0 Å². The second kappa shape index (κ2) is 2.89. The van der Waals surface area contributed by atoms with Gasteiger partial charge in [-0.2, -0.15) is 0 Å². The lowest BCUT2D eigenvalue weighted by atomic mass is 9.98. The molecule has 1 saturated heterocycles. The lowest BCUT2D eigenvalue weighted by Gasteiger charge is -2.11. The van der Waals surface area contributed by atoms with Crippen molar-refractivity contribution in [2.75, 3.05) is 0 Å². The molecule has 0 saturated carbocycles. The van der Waals surface area contributed by atoms with Gasteiger partial charge in [0.15, 0.2) is 0 Å². The molecule has 0 spiro atoms. The van der Waals surface area contributed by atoms with Crippen molar-refractivity contribution in [3.8, 4) is 0 Å². The van der Waals surface area contributed by atoms with Crippen LogP contribution in [0.2, 0.25) is 0 Å². The maximum absolute atomic E-state index is 9.50. The summed E-state index contributed by atoms with van der Waals surface area (Å²) in [5.41, 5.74) is 0. The van der Waals surface area contributed by atoms with Crippen LogP contribution in [0.4, 0.5) is 0 Å². The molecule has 4 atom stereocenters. The van der Waals surface area contributed by atoms with Crippen molar-refractivity contribution in [2.24, 2.45) is 5.92 Å². The van der Waals surface area contributed by atoms with E-state index in [1.54, 1.807) is 0 Å². The Balaban J connectivity index is 2.53. The van der Waals surface area contributed by atoms with E-state index in [9.17, 15) is 5.11 Å². The Labute approximate surface area is 62.2 Å². The zero-order valence-corrected chi connectivity index (χ0v) is 6.87. The van der Waals surface area contributed by atoms with Crippen LogP contribution in [0.1, 0.15) is 27.2 Å². The highest BCUT2D eigenvalue weighted by Gasteiger charge is 2.36. The third-order valence-electron chi connectivity index (χ3n) is 2.45. The molecule has 2 heteroatoms. The van der Waals surface area contributed by atoms with Gasteiger partial charge < -0.3 is 9.84 Å². The number of rotatable bonds is 1. The predicted molar refractivity (Wildman–Crippen MR) is 39.8 cm³/mol. The van der Waals surface area contributed by atoms with Crippen LogP contribution in [-0.4, -0.2) is 23.4 Å². The summed E-state index contributed by atoms with van der Waals surface area (Å²) in [5.74, 6) is 0.296. The molecule has 60 valence electrons. The molecule has 1 rings (SSSR count). The Bertz CT molecular complexity index is 114. The van der Waals surface area contributed by atoms with Gasteiger partial charge in [0.25, 0.3) is 0 Å². The van der Waals surface area contributed by atoms with E-state index < -0.39 is 0 Å². The molecule has 0 aromatic carbocycles. The Morgan fingerprint density at radius 2 is 2.00 bits per heavy atom. The van der Waals surface area contributed by atoms with Gasteiger partial charge in [0.05, 0.1) is 18.3 Å². The maximum Gasteiger partial charge on any atom is 0.0851 e. The van der Waals surface area contributed by atoms with Gasteiger partial charge >= 0.3 is 0 Å². The molecule has 0 radical (unpaired) electrons. The van der Waals surface area contributed by atoms with Crippen molar-refractivity contribution in [3.63, 3.8) is 0 Å². The number of ether oxygens (including phenoxy) is 1. The first-order chi connectivity index (χ1) is 4.66. The van der Waals surface area contributed by atoms with Crippen molar-refractivity contribution < 1.29 is 9.84 Å². The molecule has 1 N–H and O–H groups in total. The van der Waals surface area contributed by atoms with Crippen LogP contribution in [-0.2, 0) is 4.74 Å². The lowest BCUT2D eigenvalue weighted by molar-refractivity contribution is 0.0144. The van der Waals surface area contributed by atoms with Crippen LogP contribution in [0.3, 0.4) is 0 Å². The molecule has 0 aromatic heterocycles. The highest BCUT2D eigenvalue weighted by Crippen LogP contribution is 2.27. The molecule has 0 bridgehead atoms. The second-order valence-corrected chi connectivity index (χ2v) is 3.14. The minimum absolute atomic E-state index is 0.0741. The average Bonchev–Trinajstić information content (AvgIpc) is 2.17. The van der Waals surface area contributed by atoms with Gasteiger partial charge in [0, 0.05) is 5.92 Å². The van der Waals surface area contributed by atoms with Crippen LogP contribution in [0.25, 0.3) is 0 Å². The summed E-state index contributed by atoms with van der Waals surface area (Å²) in [6, 6.07) is 0. The van der Waals surface area contributed by atoms with Gasteiger partial charge in [0.1, 0.15) is 0 Å². The smallest absolute Gasteiger partial charge is 0.0851 e.